The van der Waals surface area contributed by atoms with Crippen molar-refractivity contribution in [2.24, 2.45) is 5.92 Å². The highest BCUT2D eigenvalue weighted by Gasteiger charge is 2.38. The third-order valence-electron chi connectivity index (χ3n) is 4.82. The quantitative estimate of drug-likeness (QED) is 0.915. The largest absolute Gasteiger partial charge is 0.370 e. The number of nitrogens with one attached hydrogen (secondary N) is 1. The van der Waals surface area contributed by atoms with E-state index in [-0.39, 0.29) is 30.3 Å². The van der Waals surface area contributed by atoms with Crippen molar-refractivity contribution in [1.82, 2.24) is 15.1 Å². The molecule has 0 aliphatic carbocycles. The van der Waals surface area contributed by atoms with Crippen molar-refractivity contribution in [3.8, 4) is 0 Å². The van der Waals surface area contributed by atoms with E-state index in [0.29, 0.717) is 31.9 Å². The zero-order chi connectivity index (χ0) is 17.2. The van der Waals surface area contributed by atoms with Crippen LogP contribution >= 0.6 is 0 Å². The Balaban J connectivity index is 1.43. The van der Waals surface area contributed by atoms with Crippen LogP contribution < -0.4 is 4.90 Å². The molecule has 25 heavy (non-hydrogen) atoms. The summed E-state index contributed by atoms with van der Waals surface area (Å²) in [5.74, 6) is -0.312. The minimum Gasteiger partial charge on any atom is -0.370 e. The van der Waals surface area contributed by atoms with E-state index in [1.54, 1.807) is 17.3 Å². The molecule has 3 heterocycles. The highest BCUT2D eigenvalue weighted by atomic mass is 16.5. The van der Waals surface area contributed by atoms with Crippen LogP contribution in [0.4, 0.5) is 5.69 Å². The van der Waals surface area contributed by atoms with Crippen LogP contribution in [0, 0.1) is 5.92 Å². The fourth-order valence-corrected chi connectivity index (χ4v) is 3.49. The SMILES string of the molecule is O=C(C1CC(=O)N(c2cn[nH]c2)C1)N1CCOC(c2ccccc2)C1. The lowest BCUT2D eigenvalue weighted by molar-refractivity contribution is -0.143. The molecule has 2 atom stereocenters. The van der Waals surface area contributed by atoms with E-state index >= 15 is 0 Å². The normalized spacial score (nSPS) is 23.9. The second kappa shape index (κ2) is 6.68. The van der Waals surface area contributed by atoms with Crippen molar-refractivity contribution in [3.63, 3.8) is 0 Å². The summed E-state index contributed by atoms with van der Waals surface area (Å²) in [5.41, 5.74) is 1.78. The van der Waals surface area contributed by atoms with Crippen molar-refractivity contribution in [2.45, 2.75) is 12.5 Å². The predicted octanol–water partition coefficient (Wildman–Crippen LogP) is 1.36. The van der Waals surface area contributed by atoms with Gasteiger partial charge in [-0.25, -0.2) is 0 Å². The summed E-state index contributed by atoms with van der Waals surface area (Å²) in [4.78, 5) is 28.6. The van der Waals surface area contributed by atoms with Gasteiger partial charge in [-0.05, 0) is 5.56 Å². The van der Waals surface area contributed by atoms with Gasteiger partial charge in [0.1, 0.15) is 6.10 Å². The maximum Gasteiger partial charge on any atom is 0.228 e. The number of morpholine rings is 1. The van der Waals surface area contributed by atoms with Crippen LogP contribution in [-0.2, 0) is 14.3 Å². The van der Waals surface area contributed by atoms with Crippen LogP contribution in [0.5, 0.6) is 0 Å². The fraction of sp³-hybridized carbons (Fsp3) is 0.389. The molecule has 4 rings (SSSR count). The number of benzene rings is 1. The van der Waals surface area contributed by atoms with Crippen LogP contribution in [0.15, 0.2) is 42.7 Å². The molecule has 0 bridgehead atoms. The first-order valence-electron chi connectivity index (χ1n) is 8.47. The second-order valence-electron chi connectivity index (χ2n) is 6.42. The van der Waals surface area contributed by atoms with Crippen LogP contribution in [-0.4, -0.2) is 53.2 Å². The fourth-order valence-electron chi connectivity index (χ4n) is 3.49. The van der Waals surface area contributed by atoms with Gasteiger partial charge in [0.05, 0.1) is 31.0 Å². The summed E-state index contributed by atoms with van der Waals surface area (Å²) in [5, 5.41) is 6.58. The van der Waals surface area contributed by atoms with Gasteiger partial charge in [0.25, 0.3) is 0 Å². The number of hydrogen-bond donors (Lipinski definition) is 1. The van der Waals surface area contributed by atoms with Gasteiger partial charge in [-0.1, -0.05) is 30.3 Å². The standard InChI is InChI=1S/C18H20N4O3/c23-17-8-14(11-22(17)15-9-19-20-10-15)18(24)21-6-7-25-16(12-21)13-4-2-1-3-5-13/h1-5,9-10,14,16H,6-8,11-12H2,(H,19,20). The third kappa shape index (κ3) is 3.15. The van der Waals surface area contributed by atoms with Gasteiger partial charge in [0, 0.05) is 25.7 Å². The summed E-state index contributed by atoms with van der Waals surface area (Å²) in [6.07, 6.45) is 3.41. The number of carbonyl (C=O) groups is 2. The van der Waals surface area contributed by atoms with Gasteiger partial charge in [-0.15, -0.1) is 0 Å². The molecule has 2 fully saturated rings. The van der Waals surface area contributed by atoms with Gasteiger partial charge in [0.2, 0.25) is 11.8 Å². The number of aromatic nitrogens is 2. The van der Waals surface area contributed by atoms with Crippen molar-refractivity contribution in [1.29, 1.82) is 0 Å². The summed E-state index contributed by atoms with van der Waals surface area (Å²) in [7, 11) is 0. The molecule has 130 valence electrons. The van der Waals surface area contributed by atoms with E-state index in [1.807, 2.05) is 35.2 Å². The first-order chi connectivity index (χ1) is 12.2. The first kappa shape index (κ1) is 15.8. The molecule has 7 nitrogen and oxygen atoms in total. The van der Waals surface area contributed by atoms with Crippen molar-refractivity contribution in [2.75, 3.05) is 31.1 Å². The Hall–Kier alpha value is -2.67. The minimum atomic E-state index is -0.308. The zero-order valence-electron chi connectivity index (χ0n) is 13.8. The molecular formula is C18H20N4O3. The molecule has 2 aliphatic heterocycles. The van der Waals surface area contributed by atoms with Crippen LogP contribution in [0.25, 0.3) is 0 Å². The maximum atomic E-state index is 12.9. The Kier molecular flexibility index (Phi) is 4.23. The van der Waals surface area contributed by atoms with Gasteiger partial charge in [-0.3, -0.25) is 14.7 Å². The topological polar surface area (TPSA) is 78.5 Å². The number of carbonyl (C=O) groups excluding carboxylic acids is 2. The number of H-pyrrole nitrogens is 1. The molecule has 0 radical (unpaired) electrons. The highest BCUT2D eigenvalue weighted by molar-refractivity contribution is 6.00. The number of rotatable bonds is 3. The number of nitrogens with zero attached hydrogens (tertiary/aromatic N) is 3. The summed E-state index contributed by atoms with van der Waals surface area (Å²) < 4.78 is 5.82. The molecule has 1 aromatic carbocycles. The summed E-state index contributed by atoms with van der Waals surface area (Å²) in [6.45, 7) is 2.01. The van der Waals surface area contributed by atoms with Gasteiger partial charge < -0.3 is 14.5 Å². The molecule has 7 heteroatoms. The van der Waals surface area contributed by atoms with Crippen LogP contribution in [0.2, 0.25) is 0 Å². The Morgan fingerprint density at radius 1 is 1.24 bits per heavy atom. The maximum absolute atomic E-state index is 12.9. The van der Waals surface area contributed by atoms with E-state index in [1.165, 1.54) is 0 Å². The molecule has 2 aliphatic rings. The zero-order valence-corrected chi connectivity index (χ0v) is 13.8. The number of amides is 2. The molecule has 1 N–H and O–H groups in total. The molecule has 2 amide bonds. The van der Waals surface area contributed by atoms with Crippen LogP contribution in [0.1, 0.15) is 18.1 Å². The molecule has 1 aromatic heterocycles. The van der Waals surface area contributed by atoms with Crippen molar-refractivity contribution in [3.05, 3.63) is 48.3 Å². The number of hydrogen-bond acceptors (Lipinski definition) is 4. The minimum absolute atomic E-state index is 0.0311. The average Bonchev–Trinajstić information content (AvgIpc) is 3.31. The molecule has 0 saturated carbocycles. The molecule has 2 unspecified atom stereocenters. The van der Waals surface area contributed by atoms with Crippen molar-refractivity contribution < 1.29 is 14.3 Å². The summed E-state index contributed by atoms with van der Waals surface area (Å²) in [6, 6.07) is 9.93. The lowest BCUT2D eigenvalue weighted by atomic mass is 10.0. The van der Waals surface area contributed by atoms with E-state index in [9.17, 15) is 9.59 Å². The van der Waals surface area contributed by atoms with Crippen LogP contribution in [0.3, 0.4) is 0 Å². The highest BCUT2D eigenvalue weighted by Crippen LogP contribution is 2.28. The monoisotopic (exact) mass is 340 g/mol. The number of ether oxygens (including phenoxy) is 1. The van der Waals surface area contributed by atoms with Gasteiger partial charge >= 0.3 is 0 Å². The Labute approximate surface area is 145 Å². The van der Waals surface area contributed by atoms with E-state index in [2.05, 4.69) is 10.2 Å². The van der Waals surface area contributed by atoms with E-state index in [0.717, 1.165) is 5.56 Å². The smallest absolute Gasteiger partial charge is 0.228 e. The van der Waals surface area contributed by atoms with E-state index in [4.69, 9.17) is 4.74 Å². The summed E-state index contributed by atoms with van der Waals surface area (Å²) >= 11 is 0. The lowest BCUT2D eigenvalue weighted by Crippen LogP contribution is -2.45. The lowest BCUT2D eigenvalue weighted by Gasteiger charge is -2.34. The van der Waals surface area contributed by atoms with Gasteiger partial charge in [0.15, 0.2) is 0 Å². The van der Waals surface area contributed by atoms with E-state index < -0.39 is 0 Å². The number of anilines is 1. The molecule has 2 saturated heterocycles. The molecule has 2 aromatic rings. The Bertz CT molecular complexity index is 747. The second-order valence-corrected chi connectivity index (χ2v) is 6.42. The van der Waals surface area contributed by atoms with Crippen molar-refractivity contribution >= 4 is 17.5 Å². The average molecular weight is 340 g/mol. The number of aromatic amines is 1. The Morgan fingerprint density at radius 2 is 2.08 bits per heavy atom. The van der Waals surface area contributed by atoms with Gasteiger partial charge in [-0.2, -0.15) is 5.10 Å². The molecule has 0 spiro atoms. The third-order valence-corrected chi connectivity index (χ3v) is 4.82. The molecular weight excluding hydrogens is 320 g/mol. The predicted molar refractivity (Wildman–Crippen MR) is 90.8 cm³/mol. The first-order valence-corrected chi connectivity index (χ1v) is 8.47. The Morgan fingerprint density at radius 3 is 2.84 bits per heavy atom.